The van der Waals surface area contributed by atoms with E-state index >= 15 is 0 Å². The first-order valence-corrected chi connectivity index (χ1v) is 8.39. The minimum Gasteiger partial charge on any atom is -0.481 e. The number of carboxylic acid groups (broad SMARTS) is 2. The Labute approximate surface area is 159 Å². The Bertz CT molecular complexity index is 667. The quantitative estimate of drug-likeness (QED) is 0.212. The molecule has 0 spiro atoms. The molecule has 0 aliphatic carbocycles. The molecule has 156 valence electrons. The molecular weight excluding hydrogens is 378 g/mol. The first-order chi connectivity index (χ1) is 13.0. The summed E-state index contributed by atoms with van der Waals surface area (Å²) in [7, 11) is 0. The van der Waals surface area contributed by atoms with Crippen molar-refractivity contribution in [2.75, 3.05) is 13.1 Å². The van der Waals surface area contributed by atoms with Gasteiger partial charge in [0.1, 0.15) is 12.1 Å². The SMILES string of the molecule is NC(=O)CC(NC(=O)C(N)CC(=O)O)C(=O)NCC(=O)N1CCCC1C(=O)O. The van der Waals surface area contributed by atoms with Crippen molar-refractivity contribution in [1.29, 1.82) is 0 Å². The Morgan fingerprint density at radius 3 is 2.25 bits per heavy atom. The van der Waals surface area contributed by atoms with Crippen LogP contribution >= 0.6 is 0 Å². The number of likely N-dealkylation sites (tertiary alicyclic amines) is 1. The van der Waals surface area contributed by atoms with Crippen LogP contribution in [0.5, 0.6) is 0 Å². The predicted octanol–water partition coefficient (Wildman–Crippen LogP) is -3.66. The van der Waals surface area contributed by atoms with E-state index in [1.165, 1.54) is 0 Å². The van der Waals surface area contributed by atoms with Crippen LogP contribution in [0.2, 0.25) is 0 Å². The first-order valence-electron chi connectivity index (χ1n) is 8.39. The smallest absolute Gasteiger partial charge is 0.326 e. The number of carbonyl (C=O) groups excluding carboxylic acids is 4. The molecule has 1 heterocycles. The average molecular weight is 401 g/mol. The molecule has 3 unspecified atom stereocenters. The molecule has 1 rings (SSSR count). The van der Waals surface area contributed by atoms with Gasteiger partial charge in [-0.1, -0.05) is 0 Å². The van der Waals surface area contributed by atoms with Crippen LogP contribution in [-0.2, 0) is 28.8 Å². The van der Waals surface area contributed by atoms with Crippen molar-refractivity contribution in [3.05, 3.63) is 0 Å². The molecule has 1 fully saturated rings. The normalized spacial score (nSPS) is 18.0. The topological polar surface area (TPSA) is 222 Å². The van der Waals surface area contributed by atoms with E-state index in [1.807, 2.05) is 0 Å². The number of hydrogen-bond donors (Lipinski definition) is 6. The fourth-order valence-corrected chi connectivity index (χ4v) is 2.68. The Morgan fingerprint density at radius 1 is 1.07 bits per heavy atom. The molecule has 1 aliphatic rings. The van der Waals surface area contributed by atoms with Crippen LogP contribution in [0.25, 0.3) is 0 Å². The van der Waals surface area contributed by atoms with E-state index in [0.29, 0.717) is 12.8 Å². The minimum absolute atomic E-state index is 0.233. The van der Waals surface area contributed by atoms with Crippen LogP contribution in [0, 0.1) is 0 Å². The fraction of sp³-hybridized carbons (Fsp3) is 0.600. The zero-order chi connectivity index (χ0) is 21.4. The summed E-state index contributed by atoms with van der Waals surface area (Å²) in [4.78, 5) is 70.2. The van der Waals surface area contributed by atoms with Crippen LogP contribution in [0.3, 0.4) is 0 Å². The van der Waals surface area contributed by atoms with E-state index in [2.05, 4.69) is 10.6 Å². The largest absolute Gasteiger partial charge is 0.481 e. The van der Waals surface area contributed by atoms with Crippen LogP contribution in [0.1, 0.15) is 25.7 Å². The molecule has 13 nitrogen and oxygen atoms in total. The maximum atomic E-state index is 12.2. The van der Waals surface area contributed by atoms with Gasteiger partial charge in [-0.05, 0) is 12.8 Å². The van der Waals surface area contributed by atoms with Gasteiger partial charge in [-0.15, -0.1) is 0 Å². The number of amides is 4. The second-order valence-corrected chi connectivity index (χ2v) is 6.24. The summed E-state index contributed by atoms with van der Waals surface area (Å²) in [5.74, 6) is -5.95. The molecule has 28 heavy (non-hydrogen) atoms. The Morgan fingerprint density at radius 2 is 1.71 bits per heavy atom. The van der Waals surface area contributed by atoms with Gasteiger partial charge >= 0.3 is 11.9 Å². The highest BCUT2D eigenvalue weighted by atomic mass is 16.4. The molecule has 1 aliphatic heterocycles. The number of nitrogens with one attached hydrogen (secondary N) is 2. The van der Waals surface area contributed by atoms with Gasteiger partial charge < -0.3 is 37.2 Å². The van der Waals surface area contributed by atoms with E-state index in [1.54, 1.807) is 0 Å². The summed E-state index contributed by atoms with van der Waals surface area (Å²) in [5.41, 5.74) is 10.4. The lowest BCUT2D eigenvalue weighted by Crippen LogP contribution is -2.54. The van der Waals surface area contributed by atoms with E-state index in [0.717, 1.165) is 4.90 Å². The first kappa shape index (κ1) is 22.8. The number of aliphatic carboxylic acids is 2. The average Bonchev–Trinajstić information content (AvgIpc) is 3.07. The van der Waals surface area contributed by atoms with Gasteiger partial charge in [0.2, 0.25) is 23.6 Å². The summed E-state index contributed by atoms with van der Waals surface area (Å²) in [6, 6.07) is -3.89. The maximum Gasteiger partial charge on any atom is 0.326 e. The predicted molar refractivity (Wildman–Crippen MR) is 91.4 cm³/mol. The van der Waals surface area contributed by atoms with E-state index in [4.69, 9.17) is 21.7 Å². The monoisotopic (exact) mass is 401 g/mol. The van der Waals surface area contributed by atoms with Gasteiger partial charge in [0.15, 0.2) is 0 Å². The third-order valence-corrected chi connectivity index (χ3v) is 4.04. The van der Waals surface area contributed by atoms with Gasteiger partial charge in [-0.25, -0.2) is 4.79 Å². The van der Waals surface area contributed by atoms with Crippen molar-refractivity contribution in [3.63, 3.8) is 0 Å². The second kappa shape index (κ2) is 10.2. The maximum absolute atomic E-state index is 12.2. The molecule has 0 aromatic rings. The van der Waals surface area contributed by atoms with E-state index in [-0.39, 0.29) is 6.54 Å². The summed E-state index contributed by atoms with van der Waals surface area (Å²) in [5, 5.41) is 22.0. The molecule has 4 amide bonds. The van der Waals surface area contributed by atoms with Crippen molar-refractivity contribution in [2.24, 2.45) is 11.5 Å². The Hall–Kier alpha value is -3.22. The van der Waals surface area contributed by atoms with Crippen LogP contribution < -0.4 is 22.1 Å². The number of carbonyl (C=O) groups is 6. The van der Waals surface area contributed by atoms with Crippen molar-refractivity contribution >= 4 is 35.6 Å². The molecular formula is C15H23N5O8. The number of primary amides is 1. The number of hydrogen-bond acceptors (Lipinski definition) is 7. The fourth-order valence-electron chi connectivity index (χ4n) is 2.68. The standard InChI is InChI=1S/C15H23N5O8/c16-7(4-12(23)24)13(25)19-8(5-10(17)21)14(26)18-6-11(22)20-3-1-2-9(20)15(27)28/h7-9H,1-6,16H2,(H2,17,21)(H,18,26)(H,19,25)(H,23,24)(H,27,28). The van der Waals surface area contributed by atoms with Crippen molar-refractivity contribution in [3.8, 4) is 0 Å². The molecule has 0 radical (unpaired) electrons. The van der Waals surface area contributed by atoms with Crippen molar-refractivity contribution in [1.82, 2.24) is 15.5 Å². The second-order valence-electron chi connectivity index (χ2n) is 6.24. The van der Waals surface area contributed by atoms with Gasteiger partial charge in [0, 0.05) is 6.54 Å². The summed E-state index contributed by atoms with van der Waals surface area (Å²) in [6.45, 7) is -0.313. The lowest BCUT2D eigenvalue weighted by Gasteiger charge is -2.23. The van der Waals surface area contributed by atoms with E-state index < -0.39 is 73.1 Å². The number of carboxylic acids is 2. The number of rotatable bonds is 10. The minimum atomic E-state index is -1.47. The van der Waals surface area contributed by atoms with Crippen LogP contribution in [0.4, 0.5) is 0 Å². The Balaban J connectivity index is 2.68. The summed E-state index contributed by atoms with van der Waals surface area (Å²) >= 11 is 0. The zero-order valence-electron chi connectivity index (χ0n) is 14.9. The molecule has 8 N–H and O–H groups in total. The summed E-state index contributed by atoms with van der Waals surface area (Å²) < 4.78 is 0. The van der Waals surface area contributed by atoms with Crippen molar-refractivity contribution < 1.29 is 39.0 Å². The van der Waals surface area contributed by atoms with Gasteiger partial charge in [-0.3, -0.25) is 24.0 Å². The Kier molecular flexibility index (Phi) is 8.31. The number of nitrogens with two attached hydrogens (primary N) is 2. The zero-order valence-corrected chi connectivity index (χ0v) is 14.9. The molecule has 1 saturated heterocycles. The number of nitrogens with zero attached hydrogens (tertiary/aromatic N) is 1. The summed E-state index contributed by atoms with van der Waals surface area (Å²) in [6.07, 6.45) is -0.483. The highest BCUT2D eigenvalue weighted by Gasteiger charge is 2.34. The highest BCUT2D eigenvalue weighted by molar-refractivity contribution is 5.95. The third-order valence-electron chi connectivity index (χ3n) is 4.04. The van der Waals surface area contributed by atoms with Crippen LogP contribution in [0.15, 0.2) is 0 Å². The molecule has 0 aromatic carbocycles. The van der Waals surface area contributed by atoms with Gasteiger partial charge in [0.25, 0.3) is 0 Å². The lowest BCUT2D eigenvalue weighted by molar-refractivity contribution is -0.148. The highest BCUT2D eigenvalue weighted by Crippen LogP contribution is 2.17. The van der Waals surface area contributed by atoms with Crippen LogP contribution in [-0.4, -0.2) is 81.9 Å². The lowest BCUT2D eigenvalue weighted by atomic mass is 10.1. The molecule has 3 atom stereocenters. The van der Waals surface area contributed by atoms with Gasteiger partial charge in [-0.2, -0.15) is 0 Å². The third kappa shape index (κ3) is 6.83. The molecule has 13 heteroatoms. The van der Waals surface area contributed by atoms with Crippen molar-refractivity contribution in [2.45, 2.75) is 43.8 Å². The molecule has 0 saturated carbocycles. The van der Waals surface area contributed by atoms with Gasteiger partial charge in [0.05, 0.1) is 25.4 Å². The van der Waals surface area contributed by atoms with E-state index in [9.17, 15) is 28.8 Å². The molecule has 0 bridgehead atoms. The molecule has 0 aromatic heterocycles.